The van der Waals surface area contributed by atoms with Crippen LogP contribution in [0, 0.1) is 0 Å². The van der Waals surface area contributed by atoms with Crippen LogP contribution in [0.2, 0.25) is 0 Å². The number of nitrogens with zero attached hydrogens (tertiary/aromatic N) is 1. The van der Waals surface area contributed by atoms with Crippen LogP contribution in [0.4, 0.5) is 0 Å². The Kier molecular flexibility index (Phi) is 5.37. The summed E-state index contributed by atoms with van der Waals surface area (Å²) in [7, 11) is 0.306. The average molecular weight is 323 g/mol. The molecule has 0 unspecified atom stereocenters. The van der Waals surface area contributed by atoms with Gasteiger partial charge in [0.1, 0.15) is 0 Å². The van der Waals surface area contributed by atoms with Gasteiger partial charge < -0.3 is 9.64 Å². The third-order valence-corrected chi connectivity index (χ3v) is 5.88. The molecule has 1 heterocycles. The highest BCUT2D eigenvalue weighted by atomic mass is 32.2. The molecule has 0 N–H and O–H groups in total. The van der Waals surface area contributed by atoms with Crippen molar-refractivity contribution < 1.29 is 17.9 Å². The maximum atomic E-state index is 12.5. The summed E-state index contributed by atoms with van der Waals surface area (Å²) in [6.07, 6.45) is 4.17. The first-order chi connectivity index (χ1) is 10.4. The summed E-state index contributed by atoms with van der Waals surface area (Å²) in [6, 6.07) is 6.16. The summed E-state index contributed by atoms with van der Waals surface area (Å²) in [4.78, 5) is 14.0. The Hall–Kier alpha value is -1.66. The van der Waals surface area contributed by atoms with Crippen LogP contribution in [-0.2, 0) is 14.6 Å². The van der Waals surface area contributed by atoms with Gasteiger partial charge in [0.2, 0.25) is 0 Å². The number of benzene rings is 1. The summed E-state index contributed by atoms with van der Waals surface area (Å²) >= 11 is 0. The second-order valence-electron chi connectivity index (χ2n) is 5.52. The second-order valence-corrected chi connectivity index (χ2v) is 7.75. The third kappa shape index (κ3) is 3.96. The first-order valence-corrected chi connectivity index (χ1v) is 8.76. The zero-order valence-corrected chi connectivity index (χ0v) is 13.7. The molecule has 6 heteroatoms. The highest BCUT2D eigenvalue weighted by Crippen LogP contribution is 2.24. The summed E-state index contributed by atoms with van der Waals surface area (Å²) in [5.74, 6) is -0.149. The topological polar surface area (TPSA) is 63.7 Å². The molecular formula is C16H21NO4S. The molecule has 0 atom stereocenters. The average Bonchev–Trinajstić information content (AvgIpc) is 2.53. The van der Waals surface area contributed by atoms with E-state index in [1.165, 1.54) is 18.2 Å². The SMILES string of the molecule is CN(C)C=CC(=O)c1ccc(S(=O)(=O)C2CCOCC2)cc1. The van der Waals surface area contributed by atoms with Crippen molar-refractivity contribution >= 4 is 15.6 Å². The van der Waals surface area contributed by atoms with Gasteiger partial charge >= 0.3 is 0 Å². The quantitative estimate of drug-likeness (QED) is 0.612. The Morgan fingerprint density at radius 1 is 1.18 bits per heavy atom. The molecule has 1 fully saturated rings. The van der Waals surface area contributed by atoms with Crippen molar-refractivity contribution in [2.75, 3.05) is 27.3 Å². The molecule has 1 aliphatic rings. The van der Waals surface area contributed by atoms with E-state index in [1.54, 1.807) is 23.2 Å². The van der Waals surface area contributed by atoms with Crippen LogP contribution in [0.5, 0.6) is 0 Å². The van der Waals surface area contributed by atoms with Crippen LogP contribution in [-0.4, -0.2) is 51.7 Å². The van der Waals surface area contributed by atoms with E-state index in [2.05, 4.69) is 0 Å². The standard InChI is InChI=1S/C16H21NO4S/c1-17(2)10-7-16(18)13-3-5-14(6-4-13)22(19,20)15-8-11-21-12-9-15/h3-7,10,15H,8-9,11-12H2,1-2H3. The molecule has 0 saturated carbocycles. The number of ketones is 1. The smallest absolute Gasteiger partial charge is 0.187 e. The van der Waals surface area contributed by atoms with Crippen LogP contribution >= 0.6 is 0 Å². The number of allylic oxidation sites excluding steroid dienone is 1. The molecule has 120 valence electrons. The van der Waals surface area contributed by atoms with E-state index in [0.29, 0.717) is 31.6 Å². The zero-order valence-electron chi connectivity index (χ0n) is 12.9. The predicted octanol–water partition coefficient (Wildman–Crippen LogP) is 1.90. The van der Waals surface area contributed by atoms with Gasteiger partial charge in [-0.25, -0.2) is 8.42 Å². The van der Waals surface area contributed by atoms with Crippen LogP contribution in [0.15, 0.2) is 41.4 Å². The minimum atomic E-state index is -3.35. The van der Waals surface area contributed by atoms with E-state index in [9.17, 15) is 13.2 Å². The molecule has 0 aliphatic carbocycles. The van der Waals surface area contributed by atoms with Crippen molar-refractivity contribution in [2.24, 2.45) is 0 Å². The van der Waals surface area contributed by atoms with Gasteiger partial charge in [0.15, 0.2) is 15.6 Å². The molecule has 1 aromatic carbocycles. The predicted molar refractivity (Wildman–Crippen MR) is 84.6 cm³/mol. The Morgan fingerprint density at radius 2 is 1.77 bits per heavy atom. The van der Waals surface area contributed by atoms with Crippen LogP contribution in [0.3, 0.4) is 0 Å². The normalized spacial score (nSPS) is 16.8. The van der Waals surface area contributed by atoms with Gasteiger partial charge in [-0.1, -0.05) is 0 Å². The molecule has 22 heavy (non-hydrogen) atoms. The number of hydrogen-bond donors (Lipinski definition) is 0. The molecule has 0 aromatic heterocycles. The summed E-state index contributed by atoms with van der Waals surface area (Å²) in [6.45, 7) is 0.964. The molecule has 5 nitrogen and oxygen atoms in total. The van der Waals surface area contributed by atoms with Crippen molar-refractivity contribution in [3.8, 4) is 0 Å². The fraction of sp³-hybridized carbons (Fsp3) is 0.438. The van der Waals surface area contributed by atoms with Gasteiger partial charge in [-0.05, 0) is 37.1 Å². The highest BCUT2D eigenvalue weighted by Gasteiger charge is 2.29. The number of ether oxygens (including phenoxy) is 1. The molecule has 0 spiro atoms. The number of rotatable bonds is 5. The highest BCUT2D eigenvalue weighted by molar-refractivity contribution is 7.92. The van der Waals surface area contributed by atoms with E-state index < -0.39 is 15.1 Å². The largest absolute Gasteiger partial charge is 0.383 e. The van der Waals surface area contributed by atoms with Gasteiger partial charge in [0.05, 0.1) is 10.1 Å². The van der Waals surface area contributed by atoms with Gasteiger partial charge in [-0.2, -0.15) is 0 Å². The van der Waals surface area contributed by atoms with Crippen LogP contribution in [0.1, 0.15) is 23.2 Å². The number of carbonyl (C=O) groups excluding carboxylic acids is 1. The van der Waals surface area contributed by atoms with Crippen LogP contribution in [0.25, 0.3) is 0 Å². The van der Waals surface area contributed by atoms with Crippen molar-refractivity contribution in [2.45, 2.75) is 23.0 Å². The number of carbonyl (C=O) groups is 1. The third-order valence-electron chi connectivity index (χ3n) is 3.60. The van der Waals surface area contributed by atoms with Crippen molar-refractivity contribution in [3.05, 3.63) is 42.1 Å². The van der Waals surface area contributed by atoms with E-state index in [0.717, 1.165) is 0 Å². The van der Waals surface area contributed by atoms with Crippen LogP contribution < -0.4 is 0 Å². The van der Waals surface area contributed by atoms with Crippen molar-refractivity contribution in [1.82, 2.24) is 4.90 Å². The molecule has 0 bridgehead atoms. The molecule has 0 amide bonds. The Balaban J connectivity index is 2.16. The molecular weight excluding hydrogens is 302 g/mol. The summed E-state index contributed by atoms with van der Waals surface area (Å²) in [5.41, 5.74) is 0.476. The van der Waals surface area contributed by atoms with E-state index >= 15 is 0 Å². The lowest BCUT2D eigenvalue weighted by molar-refractivity contribution is 0.0983. The van der Waals surface area contributed by atoms with E-state index in [4.69, 9.17) is 4.74 Å². The molecule has 1 saturated heterocycles. The Bertz CT molecular complexity index is 641. The van der Waals surface area contributed by atoms with Crippen molar-refractivity contribution in [1.29, 1.82) is 0 Å². The first kappa shape index (κ1) is 16.7. The van der Waals surface area contributed by atoms with E-state index in [-0.39, 0.29) is 10.7 Å². The summed E-state index contributed by atoms with van der Waals surface area (Å²) < 4.78 is 30.3. The molecule has 1 aromatic rings. The second kappa shape index (κ2) is 7.07. The molecule has 1 aliphatic heterocycles. The maximum absolute atomic E-state index is 12.5. The lowest BCUT2D eigenvalue weighted by atomic mass is 10.1. The number of hydrogen-bond acceptors (Lipinski definition) is 5. The molecule has 0 radical (unpaired) electrons. The fourth-order valence-corrected chi connectivity index (χ4v) is 4.01. The monoisotopic (exact) mass is 323 g/mol. The first-order valence-electron chi connectivity index (χ1n) is 7.22. The Morgan fingerprint density at radius 3 is 2.32 bits per heavy atom. The van der Waals surface area contributed by atoms with Gasteiger partial charge in [-0.15, -0.1) is 0 Å². The molecule has 2 rings (SSSR count). The van der Waals surface area contributed by atoms with Crippen molar-refractivity contribution in [3.63, 3.8) is 0 Å². The van der Waals surface area contributed by atoms with Gasteiger partial charge in [0.25, 0.3) is 0 Å². The van der Waals surface area contributed by atoms with Gasteiger partial charge in [-0.3, -0.25) is 4.79 Å². The minimum absolute atomic E-state index is 0.149. The number of sulfone groups is 1. The summed E-state index contributed by atoms with van der Waals surface area (Å²) in [5, 5.41) is -0.392. The lowest BCUT2D eigenvalue weighted by Gasteiger charge is -2.22. The fourth-order valence-electron chi connectivity index (χ4n) is 2.30. The zero-order chi connectivity index (χ0) is 16.2. The maximum Gasteiger partial charge on any atom is 0.187 e. The lowest BCUT2D eigenvalue weighted by Crippen LogP contribution is -2.28. The minimum Gasteiger partial charge on any atom is -0.383 e. The Labute approximate surface area is 131 Å². The van der Waals surface area contributed by atoms with E-state index in [1.807, 2.05) is 14.1 Å². The van der Waals surface area contributed by atoms with Gasteiger partial charge in [0, 0.05) is 45.1 Å².